The number of piperidine rings is 1. The van der Waals surface area contributed by atoms with Gasteiger partial charge in [-0.1, -0.05) is 73.6 Å². The van der Waals surface area contributed by atoms with Crippen molar-refractivity contribution in [3.05, 3.63) is 0 Å². The molecule has 3 unspecified atom stereocenters. The van der Waals surface area contributed by atoms with E-state index in [1.54, 1.807) is 20.8 Å². The Morgan fingerprint density at radius 3 is 2.06 bits per heavy atom. The van der Waals surface area contributed by atoms with E-state index in [0.29, 0.717) is 32.2 Å². The third-order valence-electron chi connectivity index (χ3n) is 11.4. The van der Waals surface area contributed by atoms with E-state index in [4.69, 9.17) is 0 Å². The molecule has 1 heterocycles. The van der Waals surface area contributed by atoms with E-state index in [9.17, 15) is 32.4 Å². The Labute approximate surface area is 293 Å². The van der Waals surface area contributed by atoms with Gasteiger partial charge in [0.05, 0.1) is 22.1 Å². The van der Waals surface area contributed by atoms with Crippen LogP contribution in [0.5, 0.6) is 0 Å². The molecule has 12 nitrogen and oxygen atoms in total. The molecule has 0 radical (unpaired) electrons. The topological polar surface area (TPSA) is 171 Å². The van der Waals surface area contributed by atoms with Crippen LogP contribution in [0.15, 0.2) is 0 Å². The van der Waals surface area contributed by atoms with E-state index in [-0.39, 0.29) is 29.0 Å². The van der Waals surface area contributed by atoms with E-state index >= 15 is 0 Å². The monoisotopic (exact) mass is 707 g/mol. The largest absolute Gasteiger partial charge is 0.347 e. The van der Waals surface area contributed by atoms with Gasteiger partial charge >= 0.3 is 6.03 Å². The lowest BCUT2D eigenvalue weighted by atomic mass is 9.83. The van der Waals surface area contributed by atoms with Crippen molar-refractivity contribution in [3.63, 3.8) is 0 Å². The molecule has 0 bridgehead atoms. The minimum atomic E-state index is -3.56. The predicted octanol–water partition coefficient (Wildman–Crippen LogP) is 3.62. The van der Waals surface area contributed by atoms with E-state index < -0.39 is 73.2 Å². The number of hydrogen-bond acceptors (Lipinski definition) is 7. The van der Waals surface area contributed by atoms with Crippen molar-refractivity contribution in [3.8, 4) is 0 Å². The van der Waals surface area contributed by atoms with Crippen LogP contribution in [-0.4, -0.2) is 89.6 Å². The first kappa shape index (κ1) is 39.1. The summed E-state index contributed by atoms with van der Waals surface area (Å²) in [6.45, 7) is 16.9. The van der Waals surface area contributed by atoms with Crippen LogP contribution < -0.4 is 21.3 Å². The number of likely N-dealkylation sites (tertiary alicyclic amines) is 1. The maximum absolute atomic E-state index is 14.5. The molecule has 0 aromatic carbocycles. The maximum Gasteiger partial charge on any atom is 0.315 e. The van der Waals surface area contributed by atoms with Gasteiger partial charge in [-0.2, -0.15) is 0 Å². The molecule has 0 aromatic rings. The summed E-state index contributed by atoms with van der Waals surface area (Å²) in [5.41, 5.74) is -1.90. The second-order valence-corrected chi connectivity index (χ2v) is 20.6. The van der Waals surface area contributed by atoms with Crippen LogP contribution in [0.4, 0.5) is 4.79 Å². The number of hydrogen-bond donors (Lipinski definition) is 4. The van der Waals surface area contributed by atoms with Crippen LogP contribution in [0, 0.1) is 22.7 Å². The number of carbonyl (C=O) groups excluding carboxylic acids is 5. The van der Waals surface area contributed by atoms with E-state index in [1.165, 1.54) is 4.90 Å². The lowest BCUT2D eigenvalue weighted by Crippen LogP contribution is -2.64. The first-order chi connectivity index (χ1) is 22.5. The van der Waals surface area contributed by atoms with Gasteiger partial charge in [-0.25, -0.2) is 13.2 Å². The fourth-order valence-electron chi connectivity index (χ4n) is 7.73. The summed E-state index contributed by atoms with van der Waals surface area (Å²) < 4.78 is 25.6. The smallest absolute Gasteiger partial charge is 0.315 e. The van der Waals surface area contributed by atoms with Crippen LogP contribution in [-0.2, 0) is 29.0 Å². The lowest BCUT2D eigenvalue weighted by Gasteiger charge is -2.41. The Bertz CT molecular complexity index is 1400. The molecule has 0 aromatic heterocycles. The molecular weight excluding hydrogens is 646 g/mol. The van der Waals surface area contributed by atoms with Crippen molar-refractivity contribution in [2.24, 2.45) is 22.7 Å². The summed E-state index contributed by atoms with van der Waals surface area (Å²) in [6, 6.07) is -3.50. The highest BCUT2D eigenvalue weighted by Crippen LogP contribution is 2.65. The minimum absolute atomic E-state index is 0.00450. The molecule has 0 spiro atoms. The number of nitrogens with zero attached hydrogens (tertiary/aromatic N) is 1. The highest BCUT2D eigenvalue weighted by molar-refractivity contribution is 7.92. The summed E-state index contributed by atoms with van der Waals surface area (Å²) in [6.07, 6.45) is 6.97. The van der Waals surface area contributed by atoms with Crippen molar-refractivity contribution in [1.29, 1.82) is 0 Å². The molecule has 1 saturated heterocycles. The van der Waals surface area contributed by atoms with Crippen LogP contribution in [0.2, 0.25) is 0 Å². The molecular formula is C36H61N5O7S. The summed E-state index contributed by atoms with van der Waals surface area (Å²) in [7, 11) is -3.56. The van der Waals surface area contributed by atoms with E-state index in [2.05, 4.69) is 35.1 Å². The average molecular weight is 708 g/mol. The second-order valence-electron chi connectivity index (χ2n) is 17.8. The Hall–Kier alpha value is -2.70. The number of unbranched alkanes of at least 4 members (excludes halogenated alkanes) is 1. The number of amides is 5. The fourth-order valence-corrected chi connectivity index (χ4v) is 9.25. The summed E-state index contributed by atoms with van der Waals surface area (Å²) in [4.78, 5) is 69.7. The van der Waals surface area contributed by atoms with E-state index in [0.717, 1.165) is 38.5 Å². The van der Waals surface area contributed by atoms with Crippen molar-refractivity contribution in [1.82, 2.24) is 26.2 Å². The molecule has 49 heavy (non-hydrogen) atoms. The first-order valence-corrected chi connectivity index (χ1v) is 20.0. The summed E-state index contributed by atoms with van der Waals surface area (Å²) in [5.74, 6) is -2.50. The number of carbonyl (C=O) groups is 5. The number of sulfone groups is 1. The molecule has 4 rings (SSSR count). The van der Waals surface area contributed by atoms with Gasteiger partial charge < -0.3 is 26.2 Å². The normalized spacial score (nSPS) is 25.7. The third-order valence-corrected chi connectivity index (χ3v) is 14.2. The summed E-state index contributed by atoms with van der Waals surface area (Å²) >= 11 is 0. The molecule has 3 aliphatic carbocycles. The zero-order valence-corrected chi connectivity index (χ0v) is 32.0. The zero-order valence-electron chi connectivity index (χ0n) is 31.2. The van der Waals surface area contributed by atoms with Crippen LogP contribution >= 0.6 is 0 Å². The minimum Gasteiger partial charge on any atom is -0.347 e. The van der Waals surface area contributed by atoms with Gasteiger partial charge in [0.25, 0.3) is 5.91 Å². The van der Waals surface area contributed by atoms with E-state index in [1.807, 2.05) is 27.7 Å². The van der Waals surface area contributed by atoms with Gasteiger partial charge in [0.2, 0.25) is 17.6 Å². The molecule has 278 valence electrons. The van der Waals surface area contributed by atoms with Crippen molar-refractivity contribution >= 4 is 39.4 Å². The van der Waals surface area contributed by atoms with Crippen LogP contribution in [0.1, 0.15) is 127 Å². The molecule has 3 saturated carbocycles. The van der Waals surface area contributed by atoms with Crippen molar-refractivity contribution in [2.45, 2.75) is 161 Å². The number of fused-ring (bicyclic) bond motifs is 1. The first-order valence-electron chi connectivity index (χ1n) is 18.3. The summed E-state index contributed by atoms with van der Waals surface area (Å²) in [5, 5.41) is 11.5. The highest BCUT2D eigenvalue weighted by Gasteiger charge is 2.70. The van der Waals surface area contributed by atoms with Crippen LogP contribution in [0.3, 0.4) is 0 Å². The second kappa shape index (κ2) is 14.1. The quantitative estimate of drug-likeness (QED) is 0.212. The Morgan fingerprint density at radius 1 is 0.918 bits per heavy atom. The van der Waals surface area contributed by atoms with Crippen molar-refractivity contribution < 1.29 is 32.4 Å². The number of Topliss-reactive ketones (excluding diaryl/α,β-unsaturated/α-hetero) is 1. The Balaban J connectivity index is 1.54. The van der Waals surface area contributed by atoms with Crippen LogP contribution in [0.25, 0.3) is 0 Å². The van der Waals surface area contributed by atoms with Gasteiger partial charge in [-0.3, -0.25) is 19.2 Å². The number of ketones is 1. The third kappa shape index (κ3) is 8.79. The molecule has 1 aliphatic heterocycles. The molecule has 4 N–H and O–H groups in total. The van der Waals surface area contributed by atoms with Gasteiger partial charge in [-0.05, 0) is 75.5 Å². The zero-order chi connectivity index (χ0) is 36.7. The molecule has 13 heteroatoms. The van der Waals surface area contributed by atoms with Gasteiger partial charge in [0.15, 0.2) is 9.84 Å². The van der Waals surface area contributed by atoms with Gasteiger partial charge in [0.1, 0.15) is 12.1 Å². The van der Waals surface area contributed by atoms with Gasteiger partial charge in [0, 0.05) is 12.6 Å². The maximum atomic E-state index is 14.5. The molecule has 5 amide bonds. The van der Waals surface area contributed by atoms with Crippen molar-refractivity contribution in [2.75, 3.05) is 12.3 Å². The standard InChI is InChI=1S/C36H61N5O7S/c1-10-11-15-24(27(42)30(44)37-22-16-17-22)38-29(43)26-25-23(35(25,8)9)20-41(26)31(45)28(33(2,3)4)39-32(46)40-36(18-13-12-14-19-36)21-49(47,48)34(5,6)7/h22-26,28H,10-21H2,1-9H3,(H,37,44)(H,38,43)(H2,39,40,46)/t23-,24?,25?,26-,28?/m0/s1. The Kier molecular flexibility index (Phi) is 11.3. The number of nitrogens with one attached hydrogen (secondary N) is 4. The molecule has 4 aliphatic rings. The number of urea groups is 1. The fraction of sp³-hybridized carbons (Fsp3) is 0.861. The predicted molar refractivity (Wildman–Crippen MR) is 188 cm³/mol. The average Bonchev–Trinajstić information content (AvgIpc) is 3.83. The molecule has 5 atom stereocenters. The SMILES string of the molecule is CCCCC(NC(=O)[C@@H]1C2[C@H](CN1C(=O)C(NC(=O)NC1(CS(=O)(=O)C(C)(C)C)CCCCC1)C(C)(C)C)C2(C)C)C(=O)C(=O)NC1CC1. The Morgan fingerprint density at radius 2 is 1.53 bits per heavy atom. The number of rotatable bonds is 13. The van der Waals surface area contributed by atoms with Gasteiger partial charge in [-0.15, -0.1) is 0 Å². The lowest BCUT2D eigenvalue weighted by molar-refractivity contribution is -0.145. The molecule has 4 fully saturated rings. The highest BCUT2D eigenvalue weighted by atomic mass is 32.2.